The molecule has 1 aromatic rings. The summed E-state index contributed by atoms with van der Waals surface area (Å²) in [6.45, 7) is 1.71. The first-order chi connectivity index (χ1) is 8.66. The number of carboxylic acids is 1. The van der Waals surface area contributed by atoms with E-state index in [0.717, 1.165) is 6.26 Å². The van der Waals surface area contributed by atoms with Crippen molar-refractivity contribution in [3.05, 3.63) is 23.3 Å². The number of aliphatic carboxylic acids is 1. The molecule has 0 fully saturated rings. The molecule has 0 bridgehead atoms. The molecule has 106 valence electrons. The Bertz CT molecular complexity index is 594. The van der Waals surface area contributed by atoms with Gasteiger partial charge in [-0.25, -0.2) is 8.42 Å². The lowest BCUT2D eigenvalue weighted by Gasteiger charge is -2.17. The fourth-order valence-electron chi connectivity index (χ4n) is 1.81. The van der Waals surface area contributed by atoms with Crippen molar-refractivity contribution in [2.75, 3.05) is 13.4 Å². The molecule has 0 aliphatic heterocycles. The summed E-state index contributed by atoms with van der Waals surface area (Å²) in [6, 6.07) is 2.03. The maximum Gasteiger partial charge on any atom is 0.305 e. The van der Waals surface area contributed by atoms with Crippen molar-refractivity contribution in [3.8, 4) is 5.75 Å². The third-order valence-corrected chi connectivity index (χ3v) is 3.87. The highest BCUT2D eigenvalue weighted by Gasteiger charge is 2.22. The SMILES string of the molecule is COc1cc(C(N)CC(=O)O)c(S(C)(=O)=O)cc1C. The van der Waals surface area contributed by atoms with E-state index in [9.17, 15) is 13.2 Å². The van der Waals surface area contributed by atoms with Crippen LogP contribution in [-0.4, -0.2) is 32.9 Å². The standard InChI is InChI=1S/C12H17NO5S/c1-7-4-11(19(3,16)17)8(5-10(7)18-2)9(13)6-12(14)15/h4-5,9H,6,13H2,1-3H3,(H,14,15). The first-order valence-corrected chi connectivity index (χ1v) is 7.42. The maximum atomic E-state index is 11.8. The van der Waals surface area contributed by atoms with E-state index in [-0.39, 0.29) is 16.9 Å². The highest BCUT2D eigenvalue weighted by molar-refractivity contribution is 7.90. The molecule has 0 aliphatic carbocycles. The van der Waals surface area contributed by atoms with E-state index in [4.69, 9.17) is 15.6 Å². The van der Waals surface area contributed by atoms with Gasteiger partial charge >= 0.3 is 5.97 Å². The number of ether oxygens (including phenoxy) is 1. The van der Waals surface area contributed by atoms with Gasteiger partial charge in [0.15, 0.2) is 9.84 Å². The zero-order chi connectivity index (χ0) is 14.8. The highest BCUT2D eigenvalue weighted by atomic mass is 32.2. The Labute approximate surface area is 112 Å². The number of carbonyl (C=O) groups is 1. The molecule has 1 unspecified atom stereocenters. The molecular weight excluding hydrogens is 270 g/mol. The normalized spacial score (nSPS) is 13.1. The number of rotatable bonds is 5. The Morgan fingerprint density at radius 3 is 2.47 bits per heavy atom. The van der Waals surface area contributed by atoms with Gasteiger partial charge < -0.3 is 15.6 Å². The van der Waals surface area contributed by atoms with Crippen molar-refractivity contribution < 1.29 is 23.1 Å². The Balaban J connectivity index is 3.45. The summed E-state index contributed by atoms with van der Waals surface area (Å²) in [6.07, 6.45) is 0.708. The van der Waals surface area contributed by atoms with Crippen LogP contribution in [-0.2, 0) is 14.6 Å². The molecular formula is C12H17NO5S. The third kappa shape index (κ3) is 3.68. The van der Waals surface area contributed by atoms with Crippen LogP contribution >= 0.6 is 0 Å². The molecule has 3 N–H and O–H groups in total. The summed E-state index contributed by atoms with van der Waals surface area (Å²) in [4.78, 5) is 10.7. The summed E-state index contributed by atoms with van der Waals surface area (Å²) >= 11 is 0. The van der Waals surface area contributed by atoms with Gasteiger partial charge in [-0.1, -0.05) is 0 Å². The summed E-state index contributed by atoms with van der Waals surface area (Å²) in [7, 11) is -2.04. The van der Waals surface area contributed by atoms with Crippen molar-refractivity contribution in [1.82, 2.24) is 0 Å². The van der Waals surface area contributed by atoms with E-state index in [1.54, 1.807) is 6.92 Å². The number of benzene rings is 1. The number of methoxy groups -OCH3 is 1. The zero-order valence-electron chi connectivity index (χ0n) is 11.0. The van der Waals surface area contributed by atoms with E-state index in [2.05, 4.69) is 0 Å². The molecule has 0 aliphatic rings. The Morgan fingerprint density at radius 1 is 1.47 bits per heavy atom. The Hall–Kier alpha value is -1.60. The van der Waals surface area contributed by atoms with Gasteiger partial charge in [0.1, 0.15) is 5.75 Å². The van der Waals surface area contributed by atoms with Crippen LogP contribution in [0.1, 0.15) is 23.6 Å². The lowest BCUT2D eigenvalue weighted by Crippen LogP contribution is -2.18. The van der Waals surface area contributed by atoms with E-state index >= 15 is 0 Å². The molecule has 1 atom stereocenters. The minimum atomic E-state index is -3.49. The maximum absolute atomic E-state index is 11.8. The van der Waals surface area contributed by atoms with Crippen molar-refractivity contribution in [2.24, 2.45) is 5.73 Å². The number of hydrogen-bond acceptors (Lipinski definition) is 5. The molecule has 0 amide bonds. The fourth-order valence-corrected chi connectivity index (χ4v) is 2.84. The van der Waals surface area contributed by atoms with Gasteiger partial charge in [0, 0.05) is 12.3 Å². The molecule has 7 heteroatoms. The summed E-state index contributed by atoms with van der Waals surface area (Å²) in [5.74, 6) is -0.616. The fraction of sp³-hybridized carbons (Fsp3) is 0.417. The van der Waals surface area contributed by atoms with Crippen LogP contribution < -0.4 is 10.5 Å². The van der Waals surface area contributed by atoms with Crippen LogP contribution in [0.4, 0.5) is 0 Å². The van der Waals surface area contributed by atoms with Crippen LogP contribution in [0.15, 0.2) is 17.0 Å². The number of nitrogens with two attached hydrogens (primary N) is 1. The Morgan fingerprint density at radius 2 is 2.05 bits per heavy atom. The van der Waals surface area contributed by atoms with Gasteiger partial charge in [0.05, 0.1) is 18.4 Å². The molecule has 6 nitrogen and oxygen atoms in total. The van der Waals surface area contributed by atoms with Gasteiger partial charge in [-0.3, -0.25) is 4.79 Å². The van der Waals surface area contributed by atoms with Crippen molar-refractivity contribution in [3.63, 3.8) is 0 Å². The van der Waals surface area contributed by atoms with Gasteiger partial charge in [-0.2, -0.15) is 0 Å². The molecule has 0 radical (unpaired) electrons. The van der Waals surface area contributed by atoms with Crippen LogP contribution in [0.2, 0.25) is 0 Å². The van der Waals surface area contributed by atoms with Crippen LogP contribution in [0.5, 0.6) is 5.75 Å². The number of hydrogen-bond donors (Lipinski definition) is 2. The smallest absolute Gasteiger partial charge is 0.305 e. The lowest BCUT2D eigenvalue weighted by molar-refractivity contribution is -0.137. The molecule has 1 aromatic carbocycles. The summed E-state index contributed by atoms with van der Waals surface area (Å²) in [5.41, 5.74) is 6.67. The zero-order valence-corrected chi connectivity index (χ0v) is 11.8. The van der Waals surface area contributed by atoms with Crippen LogP contribution in [0.3, 0.4) is 0 Å². The van der Waals surface area contributed by atoms with E-state index in [1.807, 2.05) is 0 Å². The second-order valence-electron chi connectivity index (χ2n) is 4.34. The second-order valence-corrected chi connectivity index (χ2v) is 6.32. The molecule has 0 saturated carbocycles. The van der Waals surface area contributed by atoms with Gasteiger partial charge in [0.25, 0.3) is 0 Å². The molecule has 1 rings (SSSR count). The average molecular weight is 287 g/mol. The minimum absolute atomic E-state index is 0.0413. The topological polar surface area (TPSA) is 107 Å². The van der Waals surface area contributed by atoms with Gasteiger partial charge in [-0.05, 0) is 30.2 Å². The van der Waals surface area contributed by atoms with Crippen molar-refractivity contribution >= 4 is 15.8 Å². The highest BCUT2D eigenvalue weighted by Crippen LogP contribution is 2.30. The molecule has 0 aromatic heterocycles. The lowest BCUT2D eigenvalue weighted by atomic mass is 10.0. The van der Waals surface area contributed by atoms with E-state index < -0.39 is 21.8 Å². The summed E-state index contributed by atoms with van der Waals surface area (Å²) in [5, 5.41) is 8.76. The molecule has 0 saturated heterocycles. The van der Waals surface area contributed by atoms with Crippen molar-refractivity contribution in [1.29, 1.82) is 0 Å². The monoisotopic (exact) mass is 287 g/mol. The van der Waals surface area contributed by atoms with E-state index in [0.29, 0.717) is 11.3 Å². The largest absolute Gasteiger partial charge is 0.496 e. The van der Waals surface area contributed by atoms with Crippen LogP contribution in [0, 0.1) is 6.92 Å². The predicted octanol–water partition coefficient (Wildman–Crippen LogP) is 0.882. The molecule has 0 heterocycles. The molecule has 19 heavy (non-hydrogen) atoms. The summed E-state index contributed by atoms with van der Waals surface area (Å²) < 4.78 is 28.6. The first-order valence-electron chi connectivity index (χ1n) is 5.52. The molecule has 0 spiro atoms. The first kappa shape index (κ1) is 15.5. The second kappa shape index (κ2) is 5.58. The number of aryl methyl sites for hydroxylation is 1. The quantitative estimate of drug-likeness (QED) is 0.832. The average Bonchev–Trinajstić information content (AvgIpc) is 2.26. The number of carboxylic acid groups (broad SMARTS) is 1. The van der Waals surface area contributed by atoms with E-state index in [1.165, 1.54) is 19.2 Å². The number of sulfone groups is 1. The minimum Gasteiger partial charge on any atom is -0.496 e. The predicted molar refractivity (Wildman–Crippen MR) is 70.0 cm³/mol. The van der Waals surface area contributed by atoms with Gasteiger partial charge in [0.2, 0.25) is 0 Å². The third-order valence-electron chi connectivity index (χ3n) is 2.72. The van der Waals surface area contributed by atoms with Crippen molar-refractivity contribution in [2.45, 2.75) is 24.3 Å². The van der Waals surface area contributed by atoms with Crippen LogP contribution in [0.25, 0.3) is 0 Å². The van der Waals surface area contributed by atoms with Gasteiger partial charge in [-0.15, -0.1) is 0 Å². The Kier molecular flexibility index (Phi) is 4.54.